The third-order valence-electron chi connectivity index (χ3n) is 3.91. The van der Waals surface area contributed by atoms with Gasteiger partial charge in [0.05, 0.1) is 6.10 Å². The van der Waals surface area contributed by atoms with E-state index in [0.29, 0.717) is 28.6 Å². The number of hydrogen-bond donors (Lipinski definition) is 2. The van der Waals surface area contributed by atoms with Crippen LogP contribution in [0.1, 0.15) is 46.0 Å². The average molecular weight is 354 g/mol. The van der Waals surface area contributed by atoms with Crippen LogP contribution in [0.3, 0.4) is 0 Å². The van der Waals surface area contributed by atoms with Gasteiger partial charge in [-0.05, 0) is 13.3 Å². The zero-order valence-corrected chi connectivity index (χ0v) is 15.4. The van der Waals surface area contributed by atoms with Crippen LogP contribution in [0.2, 0.25) is 0 Å². The first kappa shape index (κ1) is 18.8. The number of hydrogen-bond acceptors (Lipinski definition) is 5. The van der Waals surface area contributed by atoms with Crippen molar-refractivity contribution < 1.29 is 5.11 Å². The fourth-order valence-corrected chi connectivity index (χ4v) is 3.48. The standard InChI is InChI=1S/C16H26N4O3S/c1-4-5-6-7-8-9-20-12-13(17-16(20)24-10-11(2)21)19(3)15(23)18-14(12)22/h11,21H,4-10H2,1-3H3,(H,18,22,23)/t11-/m1/s1. The van der Waals surface area contributed by atoms with Crippen molar-refractivity contribution in [3.8, 4) is 0 Å². The van der Waals surface area contributed by atoms with Gasteiger partial charge in [0, 0.05) is 19.3 Å². The summed E-state index contributed by atoms with van der Waals surface area (Å²) in [7, 11) is 1.60. The Kier molecular flexibility index (Phi) is 6.68. The molecule has 2 aromatic rings. The van der Waals surface area contributed by atoms with Crippen LogP contribution in [-0.2, 0) is 13.6 Å². The Morgan fingerprint density at radius 3 is 2.62 bits per heavy atom. The molecule has 8 heteroatoms. The summed E-state index contributed by atoms with van der Waals surface area (Å²) in [6, 6.07) is 0. The van der Waals surface area contributed by atoms with Gasteiger partial charge in [-0.1, -0.05) is 44.4 Å². The lowest BCUT2D eigenvalue weighted by atomic mass is 10.1. The number of aryl methyl sites for hydroxylation is 2. The topological polar surface area (TPSA) is 92.9 Å². The molecule has 2 rings (SSSR count). The lowest BCUT2D eigenvalue weighted by Crippen LogP contribution is -2.29. The lowest BCUT2D eigenvalue weighted by Gasteiger charge is -2.09. The first-order valence-electron chi connectivity index (χ1n) is 8.46. The molecule has 24 heavy (non-hydrogen) atoms. The molecular weight excluding hydrogens is 328 g/mol. The van der Waals surface area contributed by atoms with E-state index in [1.165, 1.54) is 35.6 Å². The number of fused-ring (bicyclic) bond motifs is 1. The Bertz CT molecular complexity index is 791. The normalized spacial score (nSPS) is 12.8. The van der Waals surface area contributed by atoms with E-state index in [-0.39, 0.29) is 0 Å². The maximum Gasteiger partial charge on any atom is 0.329 e. The van der Waals surface area contributed by atoms with Gasteiger partial charge in [-0.2, -0.15) is 0 Å². The van der Waals surface area contributed by atoms with E-state index < -0.39 is 17.4 Å². The number of nitrogens with zero attached hydrogens (tertiary/aromatic N) is 3. The zero-order valence-electron chi connectivity index (χ0n) is 14.5. The predicted octanol–water partition coefficient (Wildman–Crippen LogP) is 1.87. The van der Waals surface area contributed by atoms with Crippen molar-refractivity contribution in [1.82, 2.24) is 19.1 Å². The summed E-state index contributed by atoms with van der Waals surface area (Å²) in [5, 5.41) is 10.2. The quantitative estimate of drug-likeness (QED) is 0.530. The SMILES string of the molecule is CCCCCCCn1c(SC[C@@H](C)O)nc2c1c(=O)[nH]c(=O)n2C. The molecule has 2 heterocycles. The highest BCUT2D eigenvalue weighted by atomic mass is 32.2. The van der Waals surface area contributed by atoms with E-state index in [1.54, 1.807) is 14.0 Å². The monoisotopic (exact) mass is 354 g/mol. The molecule has 0 radical (unpaired) electrons. The molecule has 134 valence electrons. The molecule has 0 unspecified atom stereocenters. The van der Waals surface area contributed by atoms with Gasteiger partial charge < -0.3 is 9.67 Å². The average Bonchev–Trinajstić information content (AvgIpc) is 2.90. The van der Waals surface area contributed by atoms with Gasteiger partial charge in [0.15, 0.2) is 16.3 Å². The molecule has 0 aromatic carbocycles. The first-order valence-corrected chi connectivity index (χ1v) is 9.44. The van der Waals surface area contributed by atoms with Gasteiger partial charge in [0.2, 0.25) is 0 Å². The number of imidazole rings is 1. The highest BCUT2D eigenvalue weighted by molar-refractivity contribution is 7.99. The largest absolute Gasteiger partial charge is 0.393 e. The van der Waals surface area contributed by atoms with Crippen LogP contribution in [0.4, 0.5) is 0 Å². The van der Waals surface area contributed by atoms with Crippen molar-refractivity contribution in [1.29, 1.82) is 0 Å². The van der Waals surface area contributed by atoms with Crippen LogP contribution >= 0.6 is 11.8 Å². The van der Waals surface area contributed by atoms with E-state index in [1.807, 2.05) is 4.57 Å². The third kappa shape index (κ3) is 4.30. The van der Waals surface area contributed by atoms with E-state index >= 15 is 0 Å². The number of aliphatic hydroxyl groups excluding tert-OH is 1. The highest BCUT2D eigenvalue weighted by Gasteiger charge is 2.17. The van der Waals surface area contributed by atoms with Crippen molar-refractivity contribution in [2.24, 2.45) is 7.05 Å². The highest BCUT2D eigenvalue weighted by Crippen LogP contribution is 2.23. The summed E-state index contributed by atoms with van der Waals surface area (Å²) >= 11 is 1.41. The number of aliphatic hydroxyl groups is 1. The molecular formula is C16H26N4O3S. The third-order valence-corrected chi connectivity index (χ3v) is 5.13. The molecule has 0 aliphatic carbocycles. The summed E-state index contributed by atoms with van der Waals surface area (Å²) in [4.78, 5) is 30.9. The Balaban J connectivity index is 2.36. The number of aromatic amines is 1. The zero-order chi connectivity index (χ0) is 17.7. The molecule has 0 aliphatic rings. The van der Waals surface area contributed by atoms with Crippen LogP contribution in [0.15, 0.2) is 14.7 Å². The summed E-state index contributed by atoms with van der Waals surface area (Å²) in [6.45, 7) is 4.57. The minimum absolute atomic E-state index is 0.394. The Hall–Kier alpha value is -1.54. The van der Waals surface area contributed by atoms with Gasteiger partial charge in [0.25, 0.3) is 5.56 Å². The number of aromatic nitrogens is 4. The molecule has 0 saturated carbocycles. The maximum atomic E-state index is 12.3. The second kappa shape index (κ2) is 8.53. The summed E-state index contributed by atoms with van der Waals surface area (Å²) in [6.07, 6.45) is 5.16. The molecule has 0 aliphatic heterocycles. The maximum absolute atomic E-state index is 12.3. The molecule has 2 aromatic heterocycles. The minimum atomic E-state index is -0.466. The summed E-state index contributed by atoms with van der Waals surface area (Å²) < 4.78 is 3.24. The Labute approximate surface area is 145 Å². The lowest BCUT2D eigenvalue weighted by molar-refractivity contribution is 0.220. The molecule has 0 saturated heterocycles. The van der Waals surface area contributed by atoms with Crippen LogP contribution in [-0.4, -0.2) is 36.1 Å². The summed E-state index contributed by atoms with van der Waals surface area (Å²) in [5.74, 6) is 0.491. The number of nitrogens with one attached hydrogen (secondary N) is 1. The molecule has 2 N–H and O–H groups in total. The van der Waals surface area contributed by atoms with Crippen LogP contribution in [0.25, 0.3) is 11.2 Å². The second-order valence-corrected chi connectivity index (χ2v) is 7.10. The number of rotatable bonds is 9. The number of thioether (sulfide) groups is 1. The number of H-pyrrole nitrogens is 1. The fraction of sp³-hybridized carbons (Fsp3) is 0.688. The van der Waals surface area contributed by atoms with E-state index in [9.17, 15) is 14.7 Å². The second-order valence-electron chi connectivity index (χ2n) is 6.11. The van der Waals surface area contributed by atoms with E-state index in [4.69, 9.17) is 0 Å². The van der Waals surface area contributed by atoms with Gasteiger partial charge in [-0.3, -0.25) is 14.3 Å². The van der Waals surface area contributed by atoms with Gasteiger partial charge in [-0.25, -0.2) is 9.78 Å². The van der Waals surface area contributed by atoms with Gasteiger partial charge >= 0.3 is 5.69 Å². The van der Waals surface area contributed by atoms with Gasteiger partial charge in [0.1, 0.15) is 0 Å². The molecule has 0 fully saturated rings. The summed E-state index contributed by atoms with van der Waals surface area (Å²) in [5.41, 5.74) is -0.0451. The Morgan fingerprint density at radius 2 is 1.96 bits per heavy atom. The van der Waals surface area contributed by atoms with E-state index in [0.717, 1.165) is 12.8 Å². The molecule has 0 amide bonds. The molecule has 7 nitrogen and oxygen atoms in total. The van der Waals surface area contributed by atoms with Crippen LogP contribution < -0.4 is 11.2 Å². The van der Waals surface area contributed by atoms with E-state index in [2.05, 4.69) is 16.9 Å². The van der Waals surface area contributed by atoms with Gasteiger partial charge in [-0.15, -0.1) is 0 Å². The smallest absolute Gasteiger partial charge is 0.329 e. The number of unbranched alkanes of at least 4 members (excludes halogenated alkanes) is 4. The molecule has 0 bridgehead atoms. The van der Waals surface area contributed by atoms with Crippen molar-refractivity contribution in [2.45, 2.75) is 63.8 Å². The van der Waals surface area contributed by atoms with Crippen LogP contribution in [0, 0.1) is 0 Å². The van der Waals surface area contributed by atoms with Crippen molar-refractivity contribution in [2.75, 3.05) is 5.75 Å². The fourth-order valence-electron chi connectivity index (χ4n) is 2.60. The van der Waals surface area contributed by atoms with Crippen molar-refractivity contribution >= 4 is 22.9 Å². The van der Waals surface area contributed by atoms with Crippen molar-refractivity contribution in [3.63, 3.8) is 0 Å². The molecule has 0 spiro atoms. The Morgan fingerprint density at radius 1 is 1.25 bits per heavy atom. The minimum Gasteiger partial charge on any atom is -0.393 e. The van der Waals surface area contributed by atoms with Crippen molar-refractivity contribution in [3.05, 3.63) is 20.8 Å². The molecule has 1 atom stereocenters. The first-order chi connectivity index (χ1) is 11.5. The predicted molar refractivity (Wildman–Crippen MR) is 96.8 cm³/mol. The van der Waals surface area contributed by atoms with Crippen LogP contribution in [0.5, 0.6) is 0 Å².